The van der Waals surface area contributed by atoms with Crippen molar-refractivity contribution in [3.63, 3.8) is 0 Å². The van der Waals surface area contributed by atoms with Crippen LogP contribution in [0, 0.1) is 0 Å². The lowest BCUT2D eigenvalue weighted by Crippen LogP contribution is -2.31. The molecule has 0 unspecified atom stereocenters. The van der Waals surface area contributed by atoms with Crippen molar-refractivity contribution in [2.75, 3.05) is 0 Å². The molecule has 0 amide bonds. The first-order chi connectivity index (χ1) is 6.29. The van der Waals surface area contributed by atoms with Crippen molar-refractivity contribution in [2.24, 2.45) is 0 Å². The van der Waals surface area contributed by atoms with E-state index in [4.69, 9.17) is 5.11 Å². The van der Waals surface area contributed by atoms with E-state index in [2.05, 4.69) is 6.08 Å². The number of benzene rings is 1. The van der Waals surface area contributed by atoms with E-state index in [-0.39, 0.29) is 0 Å². The molecule has 0 spiro atoms. The van der Waals surface area contributed by atoms with Crippen molar-refractivity contribution in [3.8, 4) is 0 Å². The summed E-state index contributed by atoms with van der Waals surface area (Å²) in [7, 11) is 0. The third kappa shape index (κ3) is 1.35. The predicted molar refractivity (Wildman–Crippen MR) is 50.4 cm³/mol. The fourth-order valence-corrected chi connectivity index (χ4v) is 1.68. The standard InChI is InChI=1S/C11H10O2/c12-11(13)10-7-3-5-8-4-1-2-6-9(8)10/h1-2,4-6H,3,7H2,(H,12,13). The molecule has 0 fully saturated rings. The molecule has 2 heteroatoms. The molecular formula is C11H10O2. The van der Waals surface area contributed by atoms with Gasteiger partial charge in [-0.25, -0.2) is 4.79 Å². The van der Waals surface area contributed by atoms with Crippen molar-refractivity contribution >= 4 is 17.6 Å². The van der Waals surface area contributed by atoms with E-state index < -0.39 is 5.97 Å². The SMILES string of the molecule is O=C(O)C1=c2ccccc2=CCC1. The first-order valence-corrected chi connectivity index (χ1v) is 4.31. The van der Waals surface area contributed by atoms with Gasteiger partial charge in [-0.1, -0.05) is 30.3 Å². The van der Waals surface area contributed by atoms with Crippen LogP contribution in [0.4, 0.5) is 0 Å². The molecule has 0 aliphatic heterocycles. The van der Waals surface area contributed by atoms with Crippen molar-refractivity contribution in [3.05, 3.63) is 34.7 Å². The number of rotatable bonds is 1. The Morgan fingerprint density at radius 1 is 1.31 bits per heavy atom. The summed E-state index contributed by atoms with van der Waals surface area (Å²) in [5, 5.41) is 10.9. The molecule has 66 valence electrons. The maximum absolute atomic E-state index is 10.9. The van der Waals surface area contributed by atoms with Gasteiger partial charge in [0.2, 0.25) is 0 Å². The van der Waals surface area contributed by atoms with Gasteiger partial charge in [-0.2, -0.15) is 0 Å². The smallest absolute Gasteiger partial charge is 0.332 e. The Morgan fingerprint density at radius 2 is 2.08 bits per heavy atom. The molecule has 1 aliphatic rings. The minimum Gasteiger partial charge on any atom is -0.478 e. The molecule has 1 N–H and O–H groups in total. The highest BCUT2D eigenvalue weighted by Gasteiger charge is 2.10. The predicted octanol–water partition coefficient (Wildman–Crippen LogP) is 0.496. The quantitative estimate of drug-likeness (QED) is 0.673. The van der Waals surface area contributed by atoms with Crippen LogP contribution in [0.3, 0.4) is 0 Å². The summed E-state index contributed by atoms with van der Waals surface area (Å²) in [4.78, 5) is 10.9. The average Bonchev–Trinajstić information content (AvgIpc) is 2.17. The molecule has 0 atom stereocenters. The number of aliphatic carboxylic acids is 1. The van der Waals surface area contributed by atoms with E-state index in [1.165, 1.54) is 0 Å². The molecule has 0 radical (unpaired) electrons. The summed E-state index contributed by atoms with van der Waals surface area (Å²) in [6.07, 6.45) is 3.56. The van der Waals surface area contributed by atoms with Gasteiger partial charge in [0.15, 0.2) is 0 Å². The minimum atomic E-state index is -0.791. The summed E-state index contributed by atoms with van der Waals surface area (Å²) < 4.78 is 0. The maximum Gasteiger partial charge on any atom is 0.332 e. The van der Waals surface area contributed by atoms with E-state index in [0.29, 0.717) is 12.0 Å². The van der Waals surface area contributed by atoms with Gasteiger partial charge >= 0.3 is 5.97 Å². The van der Waals surface area contributed by atoms with Gasteiger partial charge in [-0.05, 0) is 23.3 Å². The van der Waals surface area contributed by atoms with Crippen molar-refractivity contribution < 1.29 is 9.90 Å². The highest BCUT2D eigenvalue weighted by atomic mass is 16.4. The number of fused-ring (bicyclic) bond motifs is 1. The second kappa shape index (κ2) is 3.05. The summed E-state index contributed by atoms with van der Waals surface area (Å²) >= 11 is 0. The number of carboxylic acids is 1. The minimum absolute atomic E-state index is 0.540. The zero-order valence-corrected chi connectivity index (χ0v) is 7.16. The van der Waals surface area contributed by atoms with Crippen molar-refractivity contribution in [1.29, 1.82) is 0 Å². The van der Waals surface area contributed by atoms with Crippen LogP contribution >= 0.6 is 0 Å². The second-order valence-corrected chi connectivity index (χ2v) is 3.11. The van der Waals surface area contributed by atoms with Gasteiger partial charge in [0.1, 0.15) is 0 Å². The van der Waals surface area contributed by atoms with E-state index in [9.17, 15) is 4.79 Å². The van der Waals surface area contributed by atoms with E-state index in [1.807, 2.05) is 24.3 Å². The van der Waals surface area contributed by atoms with Crippen molar-refractivity contribution in [1.82, 2.24) is 0 Å². The van der Waals surface area contributed by atoms with Crippen molar-refractivity contribution in [2.45, 2.75) is 12.8 Å². The molecule has 0 heterocycles. The largest absolute Gasteiger partial charge is 0.478 e. The van der Waals surface area contributed by atoms with Crippen LogP contribution < -0.4 is 10.4 Å². The molecule has 1 aliphatic carbocycles. The van der Waals surface area contributed by atoms with E-state index in [1.54, 1.807) is 0 Å². The Balaban J connectivity index is 2.83. The number of hydrogen-bond donors (Lipinski definition) is 1. The number of carboxylic acid groups (broad SMARTS) is 1. The molecule has 0 bridgehead atoms. The van der Waals surface area contributed by atoms with Crippen LogP contribution in [0.5, 0.6) is 0 Å². The van der Waals surface area contributed by atoms with Gasteiger partial charge in [0.25, 0.3) is 0 Å². The Bertz CT molecular complexity index is 457. The summed E-state index contributed by atoms with van der Waals surface area (Å²) in [6, 6.07) is 7.63. The van der Waals surface area contributed by atoms with Gasteiger partial charge in [0, 0.05) is 5.57 Å². The Morgan fingerprint density at radius 3 is 2.85 bits per heavy atom. The van der Waals surface area contributed by atoms with E-state index >= 15 is 0 Å². The third-order valence-corrected chi connectivity index (χ3v) is 2.30. The molecule has 13 heavy (non-hydrogen) atoms. The van der Waals surface area contributed by atoms with Crippen LogP contribution in [0.15, 0.2) is 24.3 Å². The first kappa shape index (κ1) is 8.05. The molecule has 1 aromatic carbocycles. The molecule has 2 nitrogen and oxygen atoms in total. The lowest BCUT2D eigenvalue weighted by atomic mass is 10.00. The van der Waals surface area contributed by atoms with Gasteiger partial charge in [-0.15, -0.1) is 0 Å². The van der Waals surface area contributed by atoms with E-state index in [0.717, 1.165) is 16.9 Å². The van der Waals surface area contributed by atoms with Gasteiger partial charge in [0.05, 0.1) is 0 Å². The number of carbonyl (C=O) groups is 1. The molecule has 0 saturated heterocycles. The fourth-order valence-electron chi connectivity index (χ4n) is 1.68. The summed E-state index contributed by atoms with van der Waals surface area (Å²) in [5.74, 6) is -0.791. The average molecular weight is 174 g/mol. The first-order valence-electron chi connectivity index (χ1n) is 4.31. The highest BCUT2D eigenvalue weighted by molar-refractivity contribution is 6.08. The monoisotopic (exact) mass is 174 g/mol. The zero-order valence-electron chi connectivity index (χ0n) is 7.16. The van der Waals surface area contributed by atoms with Crippen LogP contribution in [0.1, 0.15) is 12.8 Å². The highest BCUT2D eigenvalue weighted by Crippen LogP contribution is 2.07. The molecule has 0 saturated carbocycles. The number of hydrogen-bond acceptors (Lipinski definition) is 1. The normalized spacial score (nSPS) is 14.6. The van der Waals surface area contributed by atoms with Gasteiger partial charge < -0.3 is 5.11 Å². The Kier molecular flexibility index (Phi) is 1.89. The molecule has 0 aromatic heterocycles. The second-order valence-electron chi connectivity index (χ2n) is 3.11. The topological polar surface area (TPSA) is 37.3 Å². The van der Waals surface area contributed by atoms with Crippen LogP contribution in [0.2, 0.25) is 0 Å². The fraction of sp³-hybridized carbons (Fsp3) is 0.182. The third-order valence-electron chi connectivity index (χ3n) is 2.30. The Labute approximate surface area is 75.8 Å². The lowest BCUT2D eigenvalue weighted by molar-refractivity contribution is -0.130. The molecule has 2 rings (SSSR count). The van der Waals surface area contributed by atoms with Crippen LogP contribution in [-0.4, -0.2) is 11.1 Å². The summed E-state index contributed by atoms with van der Waals surface area (Å²) in [5.41, 5.74) is 0.540. The summed E-state index contributed by atoms with van der Waals surface area (Å²) in [6.45, 7) is 0. The zero-order chi connectivity index (χ0) is 9.26. The Hall–Kier alpha value is -1.57. The maximum atomic E-state index is 10.9. The molecular weight excluding hydrogens is 164 g/mol. The van der Waals surface area contributed by atoms with Crippen LogP contribution in [0.25, 0.3) is 11.6 Å². The van der Waals surface area contributed by atoms with Crippen LogP contribution in [-0.2, 0) is 4.79 Å². The lowest BCUT2D eigenvalue weighted by Gasteiger charge is -2.05. The molecule has 1 aromatic rings. The van der Waals surface area contributed by atoms with Gasteiger partial charge in [-0.3, -0.25) is 0 Å².